The number of aromatic amines is 1. The van der Waals surface area contributed by atoms with Crippen molar-refractivity contribution < 1.29 is 4.39 Å². The Labute approximate surface area is 118 Å². The fourth-order valence-electron chi connectivity index (χ4n) is 1.77. The summed E-state index contributed by atoms with van der Waals surface area (Å²) in [5.41, 5.74) is 0.447. The van der Waals surface area contributed by atoms with Crippen molar-refractivity contribution in [1.82, 2.24) is 14.8 Å². The second-order valence-electron chi connectivity index (χ2n) is 4.98. The monoisotopic (exact) mass is 329 g/mol. The Morgan fingerprint density at radius 3 is 2.67 bits per heavy atom. The third-order valence-electron chi connectivity index (χ3n) is 2.51. The molecule has 0 radical (unpaired) electrons. The molecule has 1 aromatic heterocycles. The van der Waals surface area contributed by atoms with Gasteiger partial charge in [-0.2, -0.15) is 5.10 Å². The summed E-state index contributed by atoms with van der Waals surface area (Å²) in [7, 11) is 0. The van der Waals surface area contributed by atoms with Crippen LogP contribution in [0, 0.1) is 10.6 Å². The number of H-pyrrole nitrogens is 1. The first-order valence-corrected chi connectivity index (χ1v) is 6.64. The summed E-state index contributed by atoms with van der Waals surface area (Å²) in [6.45, 7) is 6.07. The Morgan fingerprint density at radius 2 is 2.06 bits per heavy atom. The molecular formula is C12H13BrFN3S. The smallest absolute Gasteiger partial charge is 0.195 e. The lowest BCUT2D eigenvalue weighted by molar-refractivity contribution is 0.395. The number of hydrogen-bond donors (Lipinski definition) is 1. The summed E-state index contributed by atoms with van der Waals surface area (Å²) in [6, 6.07) is 4.50. The third-order valence-corrected chi connectivity index (χ3v) is 3.48. The Kier molecular flexibility index (Phi) is 3.42. The molecule has 0 fully saturated rings. The normalized spacial score (nSPS) is 11.8. The molecule has 0 bridgehead atoms. The number of nitrogens with zero attached hydrogens (tertiary/aromatic N) is 2. The minimum atomic E-state index is -0.303. The van der Waals surface area contributed by atoms with Crippen molar-refractivity contribution >= 4 is 28.1 Å². The quantitative estimate of drug-likeness (QED) is 0.793. The van der Waals surface area contributed by atoms with E-state index in [0.29, 0.717) is 16.2 Å². The van der Waals surface area contributed by atoms with Crippen molar-refractivity contribution in [2.45, 2.75) is 26.3 Å². The van der Waals surface area contributed by atoms with Crippen molar-refractivity contribution in [3.63, 3.8) is 0 Å². The number of halogens is 2. The van der Waals surface area contributed by atoms with E-state index in [1.807, 2.05) is 25.3 Å². The average molecular weight is 330 g/mol. The summed E-state index contributed by atoms with van der Waals surface area (Å²) in [5.74, 6) is 0.321. The van der Waals surface area contributed by atoms with E-state index in [2.05, 4.69) is 26.1 Å². The molecule has 6 heteroatoms. The molecule has 1 heterocycles. The minimum absolute atomic E-state index is 0.231. The van der Waals surface area contributed by atoms with Crippen LogP contribution in [0.3, 0.4) is 0 Å². The summed E-state index contributed by atoms with van der Waals surface area (Å²) in [5, 5.41) is 6.96. The SMILES string of the molecule is CC(C)(C)n1c(-c2cc(F)ccc2Br)n[nH]c1=S. The molecule has 96 valence electrons. The lowest BCUT2D eigenvalue weighted by Gasteiger charge is -2.22. The summed E-state index contributed by atoms with van der Waals surface area (Å²) in [6.07, 6.45) is 0. The Bertz CT molecular complexity index is 640. The van der Waals surface area contributed by atoms with Gasteiger partial charge >= 0.3 is 0 Å². The molecule has 0 saturated carbocycles. The summed E-state index contributed by atoms with van der Waals surface area (Å²) >= 11 is 8.64. The van der Waals surface area contributed by atoms with Crippen LogP contribution in [0.5, 0.6) is 0 Å². The van der Waals surface area contributed by atoms with Gasteiger partial charge in [-0.05, 0) is 51.2 Å². The Balaban J connectivity index is 2.73. The van der Waals surface area contributed by atoms with Gasteiger partial charge in [0.15, 0.2) is 10.6 Å². The van der Waals surface area contributed by atoms with Crippen LogP contribution in [0.4, 0.5) is 4.39 Å². The molecule has 0 aliphatic heterocycles. The van der Waals surface area contributed by atoms with Gasteiger partial charge in [0.2, 0.25) is 0 Å². The Hall–Kier alpha value is -1.01. The van der Waals surface area contributed by atoms with Crippen LogP contribution in [0.25, 0.3) is 11.4 Å². The van der Waals surface area contributed by atoms with Gasteiger partial charge in [-0.15, -0.1) is 0 Å². The number of benzene rings is 1. The van der Waals surface area contributed by atoms with Crippen LogP contribution in [0.15, 0.2) is 22.7 Å². The second kappa shape index (κ2) is 4.59. The summed E-state index contributed by atoms with van der Waals surface area (Å²) < 4.78 is 16.6. The molecule has 1 N–H and O–H groups in total. The molecule has 0 amide bonds. The zero-order valence-electron chi connectivity index (χ0n) is 10.3. The second-order valence-corrected chi connectivity index (χ2v) is 6.22. The van der Waals surface area contributed by atoms with E-state index in [9.17, 15) is 4.39 Å². The molecule has 0 aliphatic rings. The largest absolute Gasteiger partial charge is 0.295 e. The van der Waals surface area contributed by atoms with Crippen LogP contribution in [0.2, 0.25) is 0 Å². The molecule has 0 unspecified atom stereocenters. The molecule has 1 aromatic carbocycles. The molecule has 0 aliphatic carbocycles. The standard InChI is InChI=1S/C12H13BrFN3S/c1-12(2,3)17-10(15-16-11(17)18)8-6-7(14)4-5-9(8)13/h4-6H,1-3H3,(H,16,18). The van der Waals surface area contributed by atoms with E-state index in [0.717, 1.165) is 4.47 Å². The van der Waals surface area contributed by atoms with E-state index in [4.69, 9.17) is 12.2 Å². The van der Waals surface area contributed by atoms with Crippen molar-refractivity contribution in [3.8, 4) is 11.4 Å². The Morgan fingerprint density at radius 1 is 1.39 bits per heavy atom. The highest BCUT2D eigenvalue weighted by molar-refractivity contribution is 9.10. The first kappa shape index (κ1) is 13.4. The lowest BCUT2D eigenvalue weighted by Crippen LogP contribution is -2.23. The first-order valence-electron chi connectivity index (χ1n) is 5.44. The van der Waals surface area contributed by atoms with Crippen molar-refractivity contribution in [3.05, 3.63) is 33.3 Å². The van der Waals surface area contributed by atoms with Gasteiger partial charge in [-0.25, -0.2) is 4.39 Å². The third kappa shape index (κ3) is 2.40. The van der Waals surface area contributed by atoms with E-state index >= 15 is 0 Å². The molecule has 0 spiro atoms. The fourth-order valence-corrected chi connectivity index (χ4v) is 2.60. The van der Waals surface area contributed by atoms with Crippen molar-refractivity contribution in [2.75, 3.05) is 0 Å². The molecular weight excluding hydrogens is 317 g/mol. The number of hydrogen-bond acceptors (Lipinski definition) is 2. The van der Waals surface area contributed by atoms with E-state index in [-0.39, 0.29) is 11.4 Å². The highest BCUT2D eigenvalue weighted by Gasteiger charge is 2.21. The maximum Gasteiger partial charge on any atom is 0.195 e. The van der Waals surface area contributed by atoms with Gasteiger partial charge in [0, 0.05) is 15.6 Å². The van der Waals surface area contributed by atoms with Crippen LogP contribution in [-0.4, -0.2) is 14.8 Å². The van der Waals surface area contributed by atoms with Gasteiger partial charge < -0.3 is 0 Å². The van der Waals surface area contributed by atoms with E-state index in [1.54, 1.807) is 6.07 Å². The van der Waals surface area contributed by atoms with Gasteiger partial charge in [0.25, 0.3) is 0 Å². The van der Waals surface area contributed by atoms with E-state index in [1.165, 1.54) is 12.1 Å². The number of rotatable bonds is 1. The number of nitrogens with one attached hydrogen (secondary N) is 1. The zero-order chi connectivity index (χ0) is 13.5. The molecule has 3 nitrogen and oxygen atoms in total. The van der Waals surface area contributed by atoms with Gasteiger partial charge in [-0.3, -0.25) is 9.67 Å². The summed E-state index contributed by atoms with van der Waals surface area (Å²) in [4.78, 5) is 0. The van der Waals surface area contributed by atoms with Crippen molar-refractivity contribution in [2.24, 2.45) is 0 Å². The van der Waals surface area contributed by atoms with Crippen LogP contribution >= 0.6 is 28.1 Å². The highest BCUT2D eigenvalue weighted by Crippen LogP contribution is 2.30. The maximum atomic E-state index is 13.4. The molecule has 2 aromatic rings. The minimum Gasteiger partial charge on any atom is -0.295 e. The van der Waals surface area contributed by atoms with Crippen LogP contribution in [-0.2, 0) is 5.54 Å². The molecule has 18 heavy (non-hydrogen) atoms. The molecule has 0 atom stereocenters. The van der Waals surface area contributed by atoms with Crippen molar-refractivity contribution in [1.29, 1.82) is 0 Å². The van der Waals surface area contributed by atoms with Crippen LogP contribution in [0.1, 0.15) is 20.8 Å². The maximum absolute atomic E-state index is 13.4. The van der Waals surface area contributed by atoms with Gasteiger partial charge in [-0.1, -0.05) is 15.9 Å². The zero-order valence-corrected chi connectivity index (χ0v) is 12.7. The first-order chi connectivity index (χ1) is 8.30. The van der Waals surface area contributed by atoms with Gasteiger partial charge in [0.1, 0.15) is 5.82 Å². The van der Waals surface area contributed by atoms with E-state index < -0.39 is 0 Å². The number of aromatic nitrogens is 3. The van der Waals surface area contributed by atoms with Crippen LogP contribution < -0.4 is 0 Å². The fraction of sp³-hybridized carbons (Fsp3) is 0.333. The molecule has 2 rings (SSSR count). The topological polar surface area (TPSA) is 33.6 Å². The average Bonchev–Trinajstić information content (AvgIpc) is 2.63. The predicted molar refractivity (Wildman–Crippen MR) is 75.5 cm³/mol. The highest BCUT2D eigenvalue weighted by atomic mass is 79.9. The van der Waals surface area contributed by atoms with Gasteiger partial charge in [0.05, 0.1) is 0 Å². The molecule has 0 saturated heterocycles. The predicted octanol–water partition coefficient (Wildman–Crippen LogP) is 4.26. The lowest BCUT2D eigenvalue weighted by atomic mass is 10.1.